The Balaban J connectivity index is 2.25. The molecule has 0 aliphatic heterocycles. The van der Waals surface area contributed by atoms with Gasteiger partial charge in [-0.2, -0.15) is 0 Å². The lowest BCUT2D eigenvalue weighted by atomic mass is 10.2. The average molecular weight is 385 g/mol. The summed E-state index contributed by atoms with van der Waals surface area (Å²) in [6.45, 7) is 0. The fourth-order valence-electron chi connectivity index (χ4n) is 2.03. The van der Waals surface area contributed by atoms with Crippen LogP contribution in [-0.4, -0.2) is 26.4 Å². The molecule has 0 saturated carbocycles. The Hall–Kier alpha value is -2.65. The number of hydrogen-bond acceptors (Lipinski definition) is 6. The minimum absolute atomic E-state index is 0.00926. The smallest absolute Gasteiger partial charge is 0.337 e. The van der Waals surface area contributed by atoms with Crippen LogP contribution in [0.15, 0.2) is 42.5 Å². The van der Waals surface area contributed by atoms with Gasteiger partial charge in [0.25, 0.3) is 5.69 Å². The van der Waals surface area contributed by atoms with Crippen LogP contribution in [0.1, 0.15) is 15.9 Å². The molecule has 0 unspecified atom stereocenters. The predicted octanol–water partition coefficient (Wildman–Crippen LogP) is 2.98. The first kappa shape index (κ1) is 18.7. The molecule has 8 nitrogen and oxygen atoms in total. The number of methoxy groups -OCH3 is 1. The summed E-state index contributed by atoms with van der Waals surface area (Å²) in [5.41, 5.74) is 0.162. The number of nitro benzene ring substituents is 1. The Morgan fingerprint density at radius 1 is 1.28 bits per heavy atom. The lowest BCUT2D eigenvalue weighted by Gasteiger charge is -2.11. The molecule has 0 radical (unpaired) electrons. The van der Waals surface area contributed by atoms with Crippen molar-refractivity contribution in [3.63, 3.8) is 0 Å². The van der Waals surface area contributed by atoms with Gasteiger partial charge in [-0.25, -0.2) is 13.2 Å². The van der Waals surface area contributed by atoms with E-state index in [-0.39, 0.29) is 27.5 Å². The van der Waals surface area contributed by atoms with E-state index < -0.39 is 26.7 Å². The molecule has 0 fully saturated rings. The van der Waals surface area contributed by atoms with Crippen LogP contribution in [0.25, 0.3) is 0 Å². The van der Waals surface area contributed by atoms with E-state index in [1.165, 1.54) is 49.6 Å². The first-order chi connectivity index (χ1) is 11.7. The van der Waals surface area contributed by atoms with Crippen LogP contribution in [0.5, 0.6) is 0 Å². The van der Waals surface area contributed by atoms with E-state index in [0.29, 0.717) is 0 Å². The number of nitrogens with zero attached hydrogens (tertiary/aromatic N) is 1. The summed E-state index contributed by atoms with van der Waals surface area (Å²) < 4.78 is 31.4. The molecule has 25 heavy (non-hydrogen) atoms. The number of carbonyl (C=O) groups is 1. The number of ether oxygens (including phenoxy) is 1. The van der Waals surface area contributed by atoms with Gasteiger partial charge in [0.05, 0.1) is 34.1 Å². The van der Waals surface area contributed by atoms with Crippen molar-refractivity contribution in [3.8, 4) is 0 Å². The van der Waals surface area contributed by atoms with E-state index in [1.807, 2.05) is 0 Å². The largest absolute Gasteiger partial charge is 0.465 e. The molecule has 2 aromatic rings. The van der Waals surface area contributed by atoms with E-state index in [2.05, 4.69) is 9.46 Å². The van der Waals surface area contributed by atoms with Gasteiger partial charge in [-0.05, 0) is 23.8 Å². The van der Waals surface area contributed by atoms with Crippen molar-refractivity contribution >= 4 is 39.0 Å². The molecule has 10 heteroatoms. The highest BCUT2D eigenvalue weighted by Crippen LogP contribution is 2.25. The zero-order chi connectivity index (χ0) is 18.6. The van der Waals surface area contributed by atoms with Gasteiger partial charge in [0.1, 0.15) is 0 Å². The summed E-state index contributed by atoms with van der Waals surface area (Å²) >= 11 is 5.95. The lowest BCUT2D eigenvalue weighted by molar-refractivity contribution is -0.384. The number of benzene rings is 2. The van der Waals surface area contributed by atoms with Crippen molar-refractivity contribution in [2.24, 2.45) is 0 Å². The molecule has 0 atom stereocenters. The number of non-ortho nitro benzene ring substituents is 1. The van der Waals surface area contributed by atoms with Gasteiger partial charge >= 0.3 is 5.97 Å². The number of hydrogen-bond donors (Lipinski definition) is 1. The second-order valence-electron chi connectivity index (χ2n) is 4.97. The molecular formula is C15H13ClN2O6S. The second kappa shape index (κ2) is 7.49. The van der Waals surface area contributed by atoms with Crippen molar-refractivity contribution in [1.82, 2.24) is 0 Å². The molecule has 132 valence electrons. The zero-order valence-corrected chi connectivity index (χ0v) is 14.5. The SMILES string of the molecule is COC(=O)c1ccc(Cl)c(NS(=O)(=O)Cc2cccc([N+](=O)[O-])c2)c1. The number of carbonyl (C=O) groups excluding carboxylic acids is 1. The van der Waals surface area contributed by atoms with Crippen molar-refractivity contribution in [1.29, 1.82) is 0 Å². The Morgan fingerprint density at radius 2 is 2.00 bits per heavy atom. The van der Waals surface area contributed by atoms with Crippen molar-refractivity contribution in [3.05, 3.63) is 68.7 Å². The number of nitro groups is 1. The predicted molar refractivity (Wildman–Crippen MR) is 92.1 cm³/mol. The Morgan fingerprint density at radius 3 is 2.64 bits per heavy atom. The molecule has 0 bridgehead atoms. The van der Waals surface area contributed by atoms with Crippen molar-refractivity contribution in [2.45, 2.75) is 5.75 Å². The third-order valence-corrected chi connectivity index (χ3v) is 4.70. The maximum absolute atomic E-state index is 12.3. The normalized spacial score (nSPS) is 11.0. The van der Waals surface area contributed by atoms with Gasteiger partial charge in [-0.1, -0.05) is 23.7 Å². The number of halogens is 1. The highest BCUT2D eigenvalue weighted by molar-refractivity contribution is 7.91. The minimum Gasteiger partial charge on any atom is -0.465 e. The molecule has 2 rings (SSSR count). The van der Waals surface area contributed by atoms with Crippen LogP contribution in [0, 0.1) is 10.1 Å². The number of esters is 1. The highest BCUT2D eigenvalue weighted by Gasteiger charge is 2.17. The summed E-state index contributed by atoms with van der Waals surface area (Å²) in [6.07, 6.45) is 0. The first-order valence-electron chi connectivity index (χ1n) is 6.83. The molecule has 0 heterocycles. The summed E-state index contributed by atoms with van der Waals surface area (Å²) in [5, 5.41) is 10.9. The van der Waals surface area contributed by atoms with Crippen LogP contribution < -0.4 is 4.72 Å². The topological polar surface area (TPSA) is 116 Å². The van der Waals surface area contributed by atoms with Crippen LogP contribution in [0.3, 0.4) is 0 Å². The molecule has 0 spiro atoms. The summed E-state index contributed by atoms with van der Waals surface area (Å²) in [5.74, 6) is -1.14. The Bertz CT molecular complexity index is 929. The van der Waals surface area contributed by atoms with Gasteiger partial charge in [0.15, 0.2) is 0 Å². The van der Waals surface area contributed by atoms with Gasteiger partial charge in [0.2, 0.25) is 10.0 Å². The molecule has 0 saturated heterocycles. The highest BCUT2D eigenvalue weighted by atomic mass is 35.5. The Kier molecular flexibility index (Phi) is 5.60. The molecule has 0 aromatic heterocycles. The fourth-order valence-corrected chi connectivity index (χ4v) is 3.45. The average Bonchev–Trinajstić information content (AvgIpc) is 2.55. The van der Waals surface area contributed by atoms with Gasteiger partial charge in [0, 0.05) is 12.1 Å². The molecule has 0 aliphatic carbocycles. The fraction of sp³-hybridized carbons (Fsp3) is 0.133. The number of nitrogens with one attached hydrogen (secondary N) is 1. The third kappa shape index (κ3) is 4.91. The maximum atomic E-state index is 12.3. The van der Waals surface area contributed by atoms with Crippen molar-refractivity contribution < 1.29 is 22.9 Å². The molecular weight excluding hydrogens is 372 g/mol. The summed E-state index contributed by atoms with van der Waals surface area (Å²) in [6, 6.07) is 9.29. The van der Waals surface area contributed by atoms with E-state index in [9.17, 15) is 23.3 Å². The summed E-state index contributed by atoms with van der Waals surface area (Å²) in [4.78, 5) is 21.7. The van der Waals surface area contributed by atoms with E-state index >= 15 is 0 Å². The molecule has 1 N–H and O–H groups in total. The van der Waals surface area contributed by atoms with Crippen LogP contribution in [0.4, 0.5) is 11.4 Å². The van der Waals surface area contributed by atoms with Crippen LogP contribution >= 0.6 is 11.6 Å². The Labute approximate surface area is 148 Å². The van der Waals surface area contributed by atoms with E-state index in [4.69, 9.17) is 11.6 Å². The molecule has 2 aromatic carbocycles. The second-order valence-corrected chi connectivity index (χ2v) is 7.10. The number of rotatable bonds is 6. The van der Waals surface area contributed by atoms with Gasteiger partial charge < -0.3 is 4.74 Å². The van der Waals surface area contributed by atoms with E-state index in [1.54, 1.807) is 0 Å². The van der Waals surface area contributed by atoms with Crippen LogP contribution in [-0.2, 0) is 20.5 Å². The maximum Gasteiger partial charge on any atom is 0.337 e. The minimum atomic E-state index is -3.91. The van der Waals surface area contributed by atoms with Crippen LogP contribution in [0.2, 0.25) is 5.02 Å². The number of sulfonamides is 1. The zero-order valence-electron chi connectivity index (χ0n) is 12.9. The molecule has 0 amide bonds. The standard InChI is InChI=1S/C15H13ClN2O6S/c1-24-15(19)11-5-6-13(16)14(8-11)17-25(22,23)9-10-3-2-4-12(7-10)18(20)21/h2-8,17H,9H2,1H3. The van der Waals surface area contributed by atoms with Gasteiger partial charge in [-0.15, -0.1) is 0 Å². The quantitative estimate of drug-likeness (QED) is 0.465. The summed E-state index contributed by atoms with van der Waals surface area (Å²) in [7, 11) is -2.71. The first-order valence-corrected chi connectivity index (χ1v) is 8.86. The van der Waals surface area contributed by atoms with E-state index in [0.717, 1.165) is 0 Å². The number of anilines is 1. The van der Waals surface area contributed by atoms with Crippen molar-refractivity contribution in [2.75, 3.05) is 11.8 Å². The third-order valence-electron chi connectivity index (χ3n) is 3.13. The lowest BCUT2D eigenvalue weighted by Crippen LogP contribution is -2.16. The monoisotopic (exact) mass is 384 g/mol. The van der Waals surface area contributed by atoms with Gasteiger partial charge in [-0.3, -0.25) is 14.8 Å². The molecule has 0 aliphatic rings.